The van der Waals surface area contributed by atoms with Crippen molar-refractivity contribution >= 4 is 47.0 Å². The highest BCUT2D eigenvalue weighted by Gasteiger charge is 2.15. The number of rotatable bonds is 7. The number of anilines is 1. The molecule has 0 spiro atoms. The number of halogens is 1. The summed E-state index contributed by atoms with van der Waals surface area (Å²) in [7, 11) is 3.86. The van der Waals surface area contributed by atoms with Gasteiger partial charge in [-0.05, 0) is 25.0 Å². The molecule has 26 heavy (non-hydrogen) atoms. The molecule has 0 bridgehead atoms. The normalized spacial score (nSPS) is 12.5. The fourth-order valence-corrected chi connectivity index (χ4v) is 3.19. The fourth-order valence-electron chi connectivity index (χ4n) is 2.59. The Morgan fingerprint density at radius 1 is 1.27 bits per heavy atom. The summed E-state index contributed by atoms with van der Waals surface area (Å²) in [4.78, 5) is 11.0. The topological polar surface area (TPSA) is 52.6 Å². The third kappa shape index (κ3) is 7.11. The Hall–Kier alpha value is -1.35. The number of thiazole rings is 1. The van der Waals surface area contributed by atoms with E-state index in [0.717, 1.165) is 35.4 Å². The summed E-state index contributed by atoms with van der Waals surface area (Å²) in [6, 6.07) is 10.6. The molecule has 0 aliphatic carbocycles. The minimum atomic E-state index is 0. The van der Waals surface area contributed by atoms with Crippen LogP contribution in [-0.2, 0) is 6.54 Å². The molecule has 7 heteroatoms. The predicted octanol–water partition coefficient (Wildman–Crippen LogP) is 4.21. The lowest BCUT2D eigenvalue weighted by atomic mass is 10.0. The van der Waals surface area contributed by atoms with Gasteiger partial charge in [0, 0.05) is 37.7 Å². The molecule has 1 heterocycles. The summed E-state index contributed by atoms with van der Waals surface area (Å²) < 4.78 is 0. The van der Waals surface area contributed by atoms with Gasteiger partial charge in [0.25, 0.3) is 0 Å². The van der Waals surface area contributed by atoms with Crippen LogP contribution in [0.3, 0.4) is 0 Å². The van der Waals surface area contributed by atoms with Crippen molar-refractivity contribution in [2.45, 2.75) is 33.4 Å². The summed E-state index contributed by atoms with van der Waals surface area (Å²) >= 11 is 1.68. The predicted molar refractivity (Wildman–Crippen MR) is 124 cm³/mol. The van der Waals surface area contributed by atoms with Gasteiger partial charge in [-0.1, -0.05) is 32.0 Å². The molecule has 0 fully saturated rings. The molecule has 5 nitrogen and oxygen atoms in total. The highest BCUT2D eigenvalue weighted by atomic mass is 127. The number of benzene rings is 1. The number of hydrogen-bond donors (Lipinski definition) is 2. The second-order valence-corrected chi connectivity index (χ2v) is 7.57. The zero-order valence-electron chi connectivity index (χ0n) is 16.2. The van der Waals surface area contributed by atoms with Crippen LogP contribution >= 0.6 is 35.3 Å². The molecule has 1 atom stereocenters. The molecular weight excluding hydrogens is 457 g/mol. The number of nitrogens with one attached hydrogen (secondary N) is 2. The standard InChI is InChI=1S/C19H29N5S.HI/c1-14(2)18(23-16-9-7-6-8-10-16)11-21-19(20-4)24(5)12-17-13-25-15(3)22-17;/h6-10,13-14,18,23H,11-12H2,1-5H3,(H,20,21);1H. The maximum Gasteiger partial charge on any atom is 0.193 e. The van der Waals surface area contributed by atoms with Gasteiger partial charge in [-0.25, -0.2) is 4.98 Å². The van der Waals surface area contributed by atoms with Crippen LogP contribution in [0.25, 0.3) is 0 Å². The lowest BCUT2D eigenvalue weighted by molar-refractivity contribution is 0.453. The lowest BCUT2D eigenvalue weighted by Gasteiger charge is -2.27. The fraction of sp³-hybridized carbons (Fsp3) is 0.474. The van der Waals surface area contributed by atoms with Gasteiger partial charge in [-0.15, -0.1) is 35.3 Å². The summed E-state index contributed by atoms with van der Waals surface area (Å²) in [5, 5.41) is 10.3. The molecule has 1 aromatic heterocycles. The van der Waals surface area contributed by atoms with Crippen molar-refractivity contribution in [3.05, 3.63) is 46.4 Å². The van der Waals surface area contributed by atoms with Gasteiger partial charge in [-0.3, -0.25) is 4.99 Å². The Labute approximate surface area is 178 Å². The number of hydrogen-bond acceptors (Lipinski definition) is 4. The molecule has 0 radical (unpaired) electrons. The molecule has 2 aromatic rings. The molecular formula is C19H30IN5S. The zero-order chi connectivity index (χ0) is 18.2. The van der Waals surface area contributed by atoms with Crippen LogP contribution in [0, 0.1) is 12.8 Å². The first-order valence-corrected chi connectivity index (χ1v) is 9.52. The van der Waals surface area contributed by atoms with E-state index in [0.29, 0.717) is 12.0 Å². The highest BCUT2D eigenvalue weighted by molar-refractivity contribution is 14.0. The van der Waals surface area contributed by atoms with Gasteiger partial charge in [-0.2, -0.15) is 0 Å². The number of nitrogens with zero attached hydrogens (tertiary/aromatic N) is 3. The van der Waals surface area contributed by atoms with Gasteiger partial charge in [0.1, 0.15) is 0 Å². The van der Waals surface area contributed by atoms with E-state index in [4.69, 9.17) is 0 Å². The van der Waals surface area contributed by atoms with Gasteiger partial charge in [0.2, 0.25) is 0 Å². The lowest BCUT2D eigenvalue weighted by Crippen LogP contribution is -2.45. The molecule has 144 valence electrons. The summed E-state index contributed by atoms with van der Waals surface area (Å²) in [6.45, 7) is 8.05. The highest BCUT2D eigenvalue weighted by Crippen LogP contribution is 2.12. The average molecular weight is 487 g/mol. The molecule has 0 saturated heterocycles. The van der Waals surface area contributed by atoms with Crippen molar-refractivity contribution in [2.75, 3.05) is 26.0 Å². The first kappa shape index (κ1) is 22.7. The van der Waals surface area contributed by atoms with Gasteiger partial charge < -0.3 is 15.5 Å². The van der Waals surface area contributed by atoms with E-state index < -0.39 is 0 Å². The van der Waals surface area contributed by atoms with E-state index in [1.165, 1.54) is 0 Å². The summed E-state index contributed by atoms with van der Waals surface area (Å²) in [5.41, 5.74) is 2.22. The third-order valence-electron chi connectivity index (χ3n) is 4.05. The van der Waals surface area contributed by atoms with Crippen LogP contribution in [-0.4, -0.2) is 42.5 Å². The maximum absolute atomic E-state index is 4.53. The number of aryl methyl sites for hydroxylation is 1. The molecule has 0 aliphatic heterocycles. The molecule has 1 aromatic carbocycles. The van der Waals surface area contributed by atoms with Gasteiger partial charge >= 0.3 is 0 Å². The molecule has 0 aliphatic rings. The van der Waals surface area contributed by atoms with Crippen LogP contribution < -0.4 is 10.6 Å². The zero-order valence-corrected chi connectivity index (χ0v) is 19.3. The van der Waals surface area contributed by atoms with Crippen molar-refractivity contribution in [2.24, 2.45) is 10.9 Å². The monoisotopic (exact) mass is 487 g/mol. The van der Waals surface area contributed by atoms with Crippen LogP contribution in [0.5, 0.6) is 0 Å². The largest absolute Gasteiger partial charge is 0.380 e. The van der Waals surface area contributed by atoms with Gasteiger partial charge in [0.15, 0.2) is 5.96 Å². The quantitative estimate of drug-likeness (QED) is 0.349. The van der Waals surface area contributed by atoms with Crippen molar-refractivity contribution in [1.82, 2.24) is 15.2 Å². The minimum Gasteiger partial charge on any atom is -0.380 e. The molecule has 2 rings (SSSR count). The van der Waals surface area contributed by atoms with E-state index >= 15 is 0 Å². The molecule has 0 amide bonds. The summed E-state index contributed by atoms with van der Waals surface area (Å²) in [5.74, 6) is 1.38. The number of guanidine groups is 1. The first-order valence-electron chi connectivity index (χ1n) is 8.64. The van der Waals surface area contributed by atoms with Crippen molar-refractivity contribution < 1.29 is 0 Å². The van der Waals surface area contributed by atoms with Crippen LogP contribution in [0.15, 0.2) is 40.7 Å². The van der Waals surface area contributed by atoms with Crippen LogP contribution in [0.1, 0.15) is 24.5 Å². The van der Waals surface area contributed by atoms with Crippen LogP contribution in [0.2, 0.25) is 0 Å². The minimum absolute atomic E-state index is 0. The van der Waals surface area contributed by atoms with E-state index in [2.05, 4.69) is 69.0 Å². The van der Waals surface area contributed by atoms with E-state index in [-0.39, 0.29) is 24.0 Å². The van der Waals surface area contributed by atoms with Crippen LogP contribution in [0.4, 0.5) is 5.69 Å². The maximum atomic E-state index is 4.53. The Morgan fingerprint density at radius 2 is 1.96 bits per heavy atom. The second-order valence-electron chi connectivity index (χ2n) is 6.50. The summed E-state index contributed by atoms with van der Waals surface area (Å²) in [6.07, 6.45) is 0. The Kier molecular flexibility index (Phi) is 9.93. The Balaban J connectivity index is 0.00000338. The number of aromatic nitrogens is 1. The molecule has 0 saturated carbocycles. The SMILES string of the molecule is CN=C(NCC(Nc1ccccc1)C(C)C)N(C)Cc1csc(C)n1.I. The average Bonchev–Trinajstić information content (AvgIpc) is 3.00. The van der Waals surface area contributed by atoms with E-state index in [1.807, 2.05) is 27.1 Å². The molecule has 2 N–H and O–H groups in total. The second kappa shape index (κ2) is 11.4. The van der Waals surface area contributed by atoms with Crippen molar-refractivity contribution in [3.8, 4) is 0 Å². The Bertz CT molecular complexity index is 672. The van der Waals surface area contributed by atoms with Crippen molar-refractivity contribution in [1.29, 1.82) is 0 Å². The van der Waals surface area contributed by atoms with Crippen molar-refractivity contribution in [3.63, 3.8) is 0 Å². The van der Waals surface area contributed by atoms with E-state index in [1.54, 1.807) is 11.3 Å². The Morgan fingerprint density at radius 3 is 2.50 bits per heavy atom. The third-order valence-corrected chi connectivity index (χ3v) is 4.87. The number of aliphatic imine (C=N–C) groups is 1. The molecule has 1 unspecified atom stereocenters. The van der Waals surface area contributed by atoms with E-state index in [9.17, 15) is 0 Å². The number of para-hydroxylation sites is 1. The van der Waals surface area contributed by atoms with Gasteiger partial charge in [0.05, 0.1) is 17.2 Å². The smallest absolute Gasteiger partial charge is 0.193 e. The first-order chi connectivity index (χ1) is 12.0.